The summed E-state index contributed by atoms with van der Waals surface area (Å²) < 4.78 is 0. The number of hydrogen-bond acceptors (Lipinski definition) is 2. The fourth-order valence-electron chi connectivity index (χ4n) is 2.57. The van der Waals surface area contributed by atoms with Crippen LogP contribution in [0, 0.1) is 19.8 Å². The van der Waals surface area contributed by atoms with Crippen molar-refractivity contribution in [2.75, 3.05) is 5.32 Å². The van der Waals surface area contributed by atoms with E-state index in [9.17, 15) is 4.79 Å². The Labute approximate surface area is 102 Å². The highest BCUT2D eigenvalue weighted by Crippen LogP contribution is 2.28. The highest BCUT2D eigenvalue weighted by molar-refractivity contribution is 5.91. The molecule has 4 nitrogen and oxygen atoms in total. The van der Waals surface area contributed by atoms with Gasteiger partial charge < -0.3 is 5.32 Å². The summed E-state index contributed by atoms with van der Waals surface area (Å²) in [6.07, 6.45) is 6.95. The topological polar surface area (TPSA) is 57.8 Å². The van der Waals surface area contributed by atoms with Gasteiger partial charge in [0.15, 0.2) is 0 Å². The number of nitrogens with one attached hydrogen (secondary N) is 2. The van der Waals surface area contributed by atoms with Crippen LogP contribution in [0.4, 0.5) is 5.69 Å². The van der Waals surface area contributed by atoms with Crippen LogP contribution in [0.1, 0.15) is 49.9 Å². The lowest BCUT2D eigenvalue weighted by Crippen LogP contribution is -2.13. The number of aryl methyl sites for hydroxylation is 2. The molecule has 1 saturated carbocycles. The Balaban J connectivity index is 1.80. The number of nitrogens with zero attached hydrogens (tertiary/aromatic N) is 1. The van der Waals surface area contributed by atoms with Crippen molar-refractivity contribution in [1.29, 1.82) is 0 Å². The molecule has 94 valence electrons. The van der Waals surface area contributed by atoms with Crippen LogP contribution in [0.3, 0.4) is 0 Å². The number of rotatable bonds is 4. The minimum atomic E-state index is 0.115. The summed E-state index contributed by atoms with van der Waals surface area (Å²) in [5, 5.41) is 9.89. The maximum atomic E-state index is 11.8. The van der Waals surface area contributed by atoms with Gasteiger partial charge in [0.25, 0.3) is 0 Å². The number of aromatic nitrogens is 2. The number of H-pyrrole nitrogens is 1. The largest absolute Gasteiger partial charge is 0.323 e. The first kappa shape index (κ1) is 12.1. The van der Waals surface area contributed by atoms with E-state index in [1.165, 1.54) is 25.7 Å². The van der Waals surface area contributed by atoms with Gasteiger partial charge in [-0.25, -0.2) is 0 Å². The van der Waals surface area contributed by atoms with Gasteiger partial charge in [0, 0.05) is 6.42 Å². The first-order chi connectivity index (χ1) is 8.16. The molecular formula is C13H21N3O. The van der Waals surface area contributed by atoms with Crippen molar-refractivity contribution in [3.8, 4) is 0 Å². The number of aromatic amines is 1. The molecule has 1 amide bonds. The van der Waals surface area contributed by atoms with Crippen LogP contribution in [-0.2, 0) is 4.79 Å². The van der Waals surface area contributed by atoms with Gasteiger partial charge in [0.2, 0.25) is 5.91 Å². The number of anilines is 1. The van der Waals surface area contributed by atoms with Crippen LogP contribution in [0.2, 0.25) is 0 Å². The van der Waals surface area contributed by atoms with E-state index < -0.39 is 0 Å². The Morgan fingerprint density at radius 1 is 1.41 bits per heavy atom. The Kier molecular flexibility index (Phi) is 3.82. The maximum absolute atomic E-state index is 11.8. The molecule has 0 atom stereocenters. The lowest BCUT2D eigenvalue weighted by atomic mass is 10.0. The first-order valence-electron chi connectivity index (χ1n) is 6.48. The van der Waals surface area contributed by atoms with Gasteiger partial charge in [0.05, 0.1) is 17.1 Å². The first-order valence-corrected chi connectivity index (χ1v) is 6.48. The SMILES string of the molecule is Cc1n[nH]c(C)c1NC(=O)CCC1CCCC1. The molecule has 0 spiro atoms. The molecule has 1 fully saturated rings. The predicted molar refractivity (Wildman–Crippen MR) is 67.9 cm³/mol. The summed E-state index contributed by atoms with van der Waals surface area (Å²) in [5.74, 6) is 0.886. The molecule has 1 aromatic rings. The van der Waals surface area contributed by atoms with E-state index in [4.69, 9.17) is 0 Å². The molecule has 1 aromatic heterocycles. The van der Waals surface area contributed by atoms with Gasteiger partial charge >= 0.3 is 0 Å². The van der Waals surface area contributed by atoms with E-state index in [2.05, 4.69) is 15.5 Å². The third-order valence-corrected chi connectivity index (χ3v) is 3.65. The second-order valence-corrected chi connectivity index (χ2v) is 5.05. The minimum Gasteiger partial charge on any atom is -0.323 e. The van der Waals surface area contributed by atoms with Gasteiger partial charge in [0.1, 0.15) is 0 Å². The zero-order valence-electron chi connectivity index (χ0n) is 10.7. The molecule has 0 aromatic carbocycles. The Morgan fingerprint density at radius 2 is 2.12 bits per heavy atom. The number of carbonyl (C=O) groups excluding carboxylic acids is 1. The van der Waals surface area contributed by atoms with E-state index in [1.54, 1.807) is 0 Å². The quantitative estimate of drug-likeness (QED) is 0.843. The zero-order valence-corrected chi connectivity index (χ0v) is 10.7. The zero-order chi connectivity index (χ0) is 12.3. The third-order valence-electron chi connectivity index (χ3n) is 3.65. The maximum Gasteiger partial charge on any atom is 0.224 e. The van der Waals surface area contributed by atoms with E-state index in [1.807, 2.05) is 13.8 Å². The smallest absolute Gasteiger partial charge is 0.224 e. The number of carbonyl (C=O) groups is 1. The van der Waals surface area contributed by atoms with Crippen LogP contribution in [-0.4, -0.2) is 16.1 Å². The van der Waals surface area contributed by atoms with Crippen molar-refractivity contribution in [2.45, 2.75) is 52.4 Å². The average Bonchev–Trinajstić information content (AvgIpc) is 2.91. The third kappa shape index (κ3) is 3.08. The molecule has 0 unspecified atom stereocenters. The highest BCUT2D eigenvalue weighted by Gasteiger charge is 2.17. The Morgan fingerprint density at radius 3 is 2.71 bits per heavy atom. The summed E-state index contributed by atoms with van der Waals surface area (Å²) in [5.41, 5.74) is 2.63. The van der Waals surface area contributed by atoms with E-state index in [0.717, 1.165) is 29.4 Å². The second kappa shape index (κ2) is 5.34. The summed E-state index contributed by atoms with van der Waals surface area (Å²) in [6.45, 7) is 3.82. The average molecular weight is 235 g/mol. The fraction of sp³-hybridized carbons (Fsp3) is 0.692. The molecule has 2 rings (SSSR count). The summed E-state index contributed by atoms with van der Waals surface area (Å²) >= 11 is 0. The standard InChI is InChI=1S/C13H21N3O/c1-9-13(10(2)16-15-9)14-12(17)8-7-11-5-3-4-6-11/h11H,3-8H2,1-2H3,(H,14,17)(H,15,16). The van der Waals surface area contributed by atoms with Crippen LogP contribution in [0.15, 0.2) is 0 Å². The van der Waals surface area contributed by atoms with Crippen molar-refractivity contribution in [1.82, 2.24) is 10.2 Å². The molecule has 4 heteroatoms. The van der Waals surface area contributed by atoms with Crippen LogP contribution < -0.4 is 5.32 Å². The lowest BCUT2D eigenvalue weighted by molar-refractivity contribution is -0.116. The van der Waals surface area contributed by atoms with E-state index in [-0.39, 0.29) is 5.91 Å². The fourth-order valence-corrected chi connectivity index (χ4v) is 2.57. The van der Waals surface area contributed by atoms with E-state index >= 15 is 0 Å². The van der Waals surface area contributed by atoms with Gasteiger partial charge in [-0.05, 0) is 26.2 Å². The molecule has 0 saturated heterocycles. The Bertz CT molecular complexity index is 372. The Hall–Kier alpha value is -1.32. The number of amides is 1. The molecule has 1 aliphatic carbocycles. The highest BCUT2D eigenvalue weighted by atomic mass is 16.1. The minimum absolute atomic E-state index is 0.115. The summed E-state index contributed by atoms with van der Waals surface area (Å²) in [7, 11) is 0. The molecule has 0 bridgehead atoms. The van der Waals surface area contributed by atoms with Crippen LogP contribution in [0.5, 0.6) is 0 Å². The van der Waals surface area contributed by atoms with E-state index in [0.29, 0.717) is 6.42 Å². The van der Waals surface area contributed by atoms with Crippen molar-refractivity contribution in [2.24, 2.45) is 5.92 Å². The molecule has 1 heterocycles. The van der Waals surface area contributed by atoms with Gasteiger partial charge in [-0.15, -0.1) is 0 Å². The monoisotopic (exact) mass is 235 g/mol. The second-order valence-electron chi connectivity index (χ2n) is 5.05. The van der Waals surface area contributed by atoms with Crippen molar-refractivity contribution >= 4 is 11.6 Å². The molecule has 2 N–H and O–H groups in total. The van der Waals surface area contributed by atoms with Gasteiger partial charge in [-0.3, -0.25) is 9.89 Å². The van der Waals surface area contributed by atoms with Crippen molar-refractivity contribution in [3.63, 3.8) is 0 Å². The predicted octanol–water partition coefficient (Wildman–Crippen LogP) is 2.94. The van der Waals surface area contributed by atoms with Gasteiger partial charge in [-0.1, -0.05) is 25.7 Å². The molecule has 1 aliphatic rings. The summed E-state index contributed by atoms with van der Waals surface area (Å²) in [6, 6.07) is 0. The molecule has 0 aliphatic heterocycles. The molecule has 0 radical (unpaired) electrons. The van der Waals surface area contributed by atoms with Crippen molar-refractivity contribution < 1.29 is 4.79 Å². The number of hydrogen-bond donors (Lipinski definition) is 2. The van der Waals surface area contributed by atoms with Crippen molar-refractivity contribution in [3.05, 3.63) is 11.4 Å². The van der Waals surface area contributed by atoms with Gasteiger partial charge in [-0.2, -0.15) is 5.10 Å². The molecule has 17 heavy (non-hydrogen) atoms. The van der Waals surface area contributed by atoms with Crippen LogP contribution >= 0.6 is 0 Å². The van der Waals surface area contributed by atoms with Crippen LogP contribution in [0.25, 0.3) is 0 Å². The normalized spacial score (nSPS) is 16.4. The lowest BCUT2D eigenvalue weighted by Gasteiger charge is -2.09. The summed E-state index contributed by atoms with van der Waals surface area (Å²) in [4.78, 5) is 11.8. The molecular weight excluding hydrogens is 214 g/mol.